The normalized spacial score (nSPS) is 35.8. The average molecular weight is 246 g/mol. The fourth-order valence-corrected chi connectivity index (χ4v) is 3.99. The molecular weight excluding hydrogens is 220 g/mol. The summed E-state index contributed by atoms with van der Waals surface area (Å²) in [5.41, 5.74) is 2.98. The fourth-order valence-electron chi connectivity index (χ4n) is 3.99. The van der Waals surface area contributed by atoms with Crippen LogP contribution >= 0.6 is 0 Å². The van der Waals surface area contributed by atoms with E-state index >= 15 is 0 Å². The highest BCUT2D eigenvalue weighted by Gasteiger charge is 2.47. The Hall–Kier alpha value is -0.850. The van der Waals surface area contributed by atoms with Crippen molar-refractivity contribution >= 4 is 5.78 Å². The maximum atomic E-state index is 11.7. The zero-order valence-corrected chi connectivity index (χ0v) is 12.1. The van der Waals surface area contributed by atoms with Gasteiger partial charge in [-0.15, -0.1) is 0 Å². The van der Waals surface area contributed by atoms with Gasteiger partial charge in [0, 0.05) is 5.92 Å². The van der Waals surface area contributed by atoms with Crippen molar-refractivity contribution in [3.05, 3.63) is 24.3 Å². The van der Waals surface area contributed by atoms with Crippen molar-refractivity contribution in [2.24, 2.45) is 23.2 Å². The lowest BCUT2D eigenvalue weighted by molar-refractivity contribution is -0.119. The molecule has 0 radical (unpaired) electrons. The largest absolute Gasteiger partial charge is 0.299 e. The predicted octanol–water partition coefficient (Wildman–Crippen LogP) is 4.54. The van der Waals surface area contributed by atoms with E-state index in [1.165, 1.54) is 18.4 Å². The van der Waals surface area contributed by atoms with E-state index in [1.54, 1.807) is 6.92 Å². The Bertz CT molecular complexity index is 388. The van der Waals surface area contributed by atoms with Crippen molar-refractivity contribution in [1.29, 1.82) is 0 Å². The van der Waals surface area contributed by atoms with E-state index in [0.29, 0.717) is 11.3 Å². The summed E-state index contributed by atoms with van der Waals surface area (Å²) in [6, 6.07) is 0. The van der Waals surface area contributed by atoms with E-state index in [9.17, 15) is 4.79 Å². The van der Waals surface area contributed by atoms with Crippen LogP contribution in [0.25, 0.3) is 0 Å². The van der Waals surface area contributed by atoms with Crippen LogP contribution in [0.2, 0.25) is 0 Å². The molecule has 2 saturated carbocycles. The van der Waals surface area contributed by atoms with Crippen LogP contribution in [0.1, 0.15) is 52.9 Å². The minimum absolute atomic E-state index is 0.0716. The van der Waals surface area contributed by atoms with Crippen LogP contribution in [0.15, 0.2) is 24.3 Å². The molecule has 2 aliphatic carbocycles. The summed E-state index contributed by atoms with van der Waals surface area (Å²) in [6.07, 6.45) is 5.40. The van der Waals surface area contributed by atoms with Crippen LogP contribution in [-0.4, -0.2) is 5.78 Å². The number of ketones is 1. The van der Waals surface area contributed by atoms with Gasteiger partial charge in [-0.1, -0.05) is 38.2 Å². The number of hydrogen-bond donors (Lipinski definition) is 0. The highest BCUT2D eigenvalue weighted by molar-refractivity contribution is 5.81. The highest BCUT2D eigenvalue weighted by atomic mass is 16.1. The van der Waals surface area contributed by atoms with Crippen LogP contribution < -0.4 is 0 Å². The quantitative estimate of drug-likeness (QED) is 0.621. The molecule has 0 spiro atoms. The summed E-state index contributed by atoms with van der Waals surface area (Å²) in [5, 5.41) is 0. The number of Topliss-reactive ketones (excluding diaryl/α,β-unsaturated/α-hetero) is 1. The predicted molar refractivity (Wildman–Crippen MR) is 76.3 cm³/mol. The average Bonchev–Trinajstić information content (AvgIpc) is 2.29. The van der Waals surface area contributed by atoms with Gasteiger partial charge in [-0.25, -0.2) is 0 Å². The van der Waals surface area contributed by atoms with E-state index in [1.807, 2.05) is 0 Å². The van der Waals surface area contributed by atoms with E-state index in [-0.39, 0.29) is 11.7 Å². The van der Waals surface area contributed by atoms with Gasteiger partial charge in [-0.05, 0) is 56.3 Å². The van der Waals surface area contributed by atoms with Crippen molar-refractivity contribution in [3.63, 3.8) is 0 Å². The molecule has 0 bridgehead atoms. The molecule has 100 valence electrons. The topological polar surface area (TPSA) is 17.1 Å². The molecule has 3 atom stereocenters. The minimum atomic E-state index is 0.0716. The summed E-state index contributed by atoms with van der Waals surface area (Å²) in [6.45, 7) is 14.9. The second kappa shape index (κ2) is 4.68. The first-order chi connectivity index (χ1) is 8.33. The lowest BCUT2D eigenvalue weighted by Gasteiger charge is -2.53. The third-order valence-electron chi connectivity index (χ3n) is 5.27. The van der Waals surface area contributed by atoms with Crippen molar-refractivity contribution in [2.75, 3.05) is 0 Å². The highest BCUT2D eigenvalue weighted by Crippen LogP contribution is 2.57. The minimum Gasteiger partial charge on any atom is -0.299 e. The van der Waals surface area contributed by atoms with Crippen LogP contribution in [0, 0.1) is 23.2 Å². The van der Waals surface area contributed by atoms with E-state index in [0.717, 1.165) is 30.8 Å². The Labute approximate surface area is 111 Å². The maximum absolute atomic E-state index is 11.7. The van der Waals surface area contributed by atoms with Gasteiger partial charge in [-0.3, -0.25) is 4.79 Å². The van der Waals surface area contributed by atoms with Gasteiger partial charge in [0.2, 0.25) is 0 Å². The first kappa shape index (κ1) is 13.6. The van der Waals surface area contributed by atoms with Gasteiger partial charge in [0.25, 0.3) is 0 Å². The molecule has 18 heavy (non-hydrogen) atoms. The number of carbonyl (C=O) groups is 1. The molecule has 2 aliphatic rings. The summed E-state index contributed by atoms with van der Waals surface area (Å²) in [4.78, 5) is 11.7. The number of fused-ring (bicyclic) bond motifs is 1. The fraction of sp³-hybridized carbons (Fsp3) is 0.706. The van der Waals surface area contributed by atoms with Crippen LogP contribution in [0.5, 0.6) is 0 Å². The van der Waals surface area contributed by atoms with E-state index < -0.39 is 0 Å². The molecule has 0 aliphatic heterocycles. The molecule has 2 rings (SSSR count). The number of hydrogen-bond acceptors (Lipinski definition) is 1. The molecule has 0 heterocycles. The molecular formula is C17H26O. The third kappa shape index (κ3) is 2.32. The summed E-state index contributed by atoms with van der Waals surface area (Å²) >= 11 is 0. The Morgan fingerprint density at radius 1 is 1.17 bits per heavy atom. The van der Waals surface area contributed by atoms with Crippen molar-refractivity contribution < 1.29 is 4.79 Å². The molecule has 1 nitrogen and oxygen atoms in total. The lowest BCUT2D eigenvalue weighted by Crippen LogP contribution is -2.44. The molecule has 3 unspecified atom stereocenters. The van der Waals surface area contributed by atoms with Gasteiger partial charge in [0.1, 0.15) is 5.78 Å². The Morgan fingerprint density at radius 3 is 2.33 bits per heavy atom. The van der Waals surface area contributed by atoms with Gasteiger partial charge >= 0.3 is 0 Å². The third-order valence-corrected chi connectivity index (χ3v) is 5.27. The monoisotopic (exact) mass is 246 g/mol. The SMILES string of the molecule is C=C1CCC2C(CC2(C)C)C(=C)CCC1C(C)=O. The van der Waals surface area contributed by atoms with Crippen LogP contribution in [-0.2, 0) is 4.79 Å². The molecule has 0 saturated heterocycles. The number of allylic oxidation sites excluding steroid dienone is 2. The van der Waals surface area contributed by atoms with Gasteiger partial charge in [-0.2, -0.15) is 0 Å². The van der Waals surface area contributed by atoms with E-state index in [4.69, 9.17) is 0 Å². The molecule has 0 N–H and O–H groups in total. The Balaban J connectivity index is 2.15. The smallest absolute Gasteiger partial charge is 0.136 e. The molecule has 1 heteroatoms. The van der Waals surface area contributed by atoms with Crippen LogP contribution in [0.3, 0.4) is 0 Å². The van der Waals surface area contributed by atoms with Gasteiger partial charge in [0.05, 0.1) is 0 Å². The standard InChI is InChI=1S/C17H26O/c1-11-7-9-16-15(10-17(16,4)5)12(2)6-8-14(11)13(3)18/h14-16H,1-2,6-10H2,3-5H3. The number of carbonyl (C=O) groups excluding carboxylic acids is 1. The first-order valence-corrected chi connectivity index (χ1v) is 7.18. The maximum Gasteiger partial charge on any atom is 0.136 e. The van der Waals surface area contributed by atoms with E-state index in [2.05, 4.69) is 27.0 Å². The van der Waals surface area contributed by atoms with Crippen molar-refractivity contribution in [1.82, 2.24) is 0 Å². The van der Waals surface area contributed by atoms with Crippen LogP contribution in [0.4, 0.5) is 0 Å². The zero-order valence-electron chi connectivity index (χ0n) is 12.1. The molecule has 0 aromatic rings. The van der Waals surface area contributed by atoms with Gasteiger partial charge < -0.3 is 0 Å². The zero-order chi connectivity index (χ0) is 13.5. The second-order valence-electron chi connectivity index (χ2n) is 6.96. The molecule has 2 fully saturated rings. The van der Waals surface area contributed by atoms with Crippen molar-refractivity contribution in [3.8, 4) is 0 Å². The molecule has 0 aromatic heterocycles. The Kier molecular flexibility index (Phi) is 3.53. The Morgan fingerprint density at radius 2 is 1.78 bits per heavy atom. The summed E-state index contributed by atoms with van der Waals surface area (Å²) < 4.78 is 0. The number of rotatable bonds is 1. The second-order valence-corrected chi connectivity index (χ2v) is 6.96. The molecule has 0 amide bonds. The molecule has 0 aromatic carbocycles. The summed E-state index contributed by atoms with van der Waals surface area (Å²) in [7, 11) is 0. The van der Waals surface area contributed by atoms with Gasteiger partial charge in [0.15, 0.2) is 0 Å². The lowest BCUT2D eigenvalue weighted by atomic mass is 9.52. The summed E-state index contributed by atoms with van der Waals surface area (Å²) in [5.74, 6) is 1.79. The van der Waals surface area contributed by atoms with Crippen molar-refractivity contribution in [2.45, 2.75) is 52.9 Å². The first-order valence-electron chi connectivity index (χ1n) is 7.18.